The van der Waals surface area contributed by atoms with Crippen LogP contribution in [0.2, 0.25) is 0 Å². The van der Waals surface area contributed by atoms with Gasteiger partial charge in [-0.15, -0.1) is 0 Å². The van der Waals surface area contributed by atoms with E-state index in [4.69, 9.17) is 5.11 Å². The first kappa shape index (κ1) is 14.5. The second-order valence-corrected chi connectivity index (χ2v) is 6.79. The van der Waals surface area contributed by atoms with Crippen molar-refractivity contribution < 1.29 is 20.1 Å². The highest BCUT2D eigenvalue weighted by atomic mass is 16.4. The number of hydrogen-bond acceptors (Lipinski definition) is 3. The fourth-order valence-corrected chi connectivity index (χ4v) is 4.09. The first-order valence-corrected chi connectivity index (χ1v) is 7.01. The van der Waals surface area contributed by atoms with Gasteiger partial charge in [0.15, 0.2) is 0 Å². The molecule has 5 atom stereocenters. The summed E-state index contributed by atoms with van der Waals surface area (Å²) in [6.45, 7) is 7.50. The normalized spacial score (nSPS) is 46.4. The van der Waals surface area contributed by atoms with Gasteiger partial charge in [0.25, 0.3) is 0 Å². The molecule has 2 fully saturated rings. The summed E-state index contributed by atoms with van der Waals surface area (Å²) in [6.07, 6.45) is 3.08. The third-order valence-electron chi connectivity index (χ3n) is 5.56. The SMILES string of the molecule is C=C(C(=O)O)[C@@H]1CC[C@@]2(C)CC[C@@H](O)[C@@](C)(O)C2C1. The summed E-state index contributed by atoms with van der Waals surface area (Å²) in [6, 6.07) is 0. The van der Waals surface area contributed by atoms with Crippen LogP contribution in [0.5, 0.6) is 0 Å². The standard InChI is InChI=1S/C15H24O4/c1-9(13(17)18)10-4-6-14(2)7-5-12(16)15(3,19)11(14)8-10/h10-12,16,19H,1,4-8H2,2-3H3,(H,17,18)/t10-,11?,12-,14+,15+/m1/s1. The second kappa shape index (κ2) is 4.60. The Morgan fingerprint density at radius 1 is 1.26 bits per heavy atom. The van der Waals surface area contributed by atoms with Crippen molar-refractivity contribution in [3.05, 3.63) is 12.2 Å². The van der Waals surface area contributed by atoms with E-state index in [2.05, 4.69) is 13.5 Å². The van der Waals surface area contributed by atoms with Crippen molar-refractivity contribution in [1.29, 1.82) is 0 Å². The molecule has 1 unspecified atom stereocenters. The fourth-order valence-electron chi connectivity index (χ4n) is 4.09. The molecule has 0 bridgehead atoms. The van der Waals surface area contributed by atoms with Gasteiger partial charge in [0.2, 0.25) is 0 Å². The summed E-state index contributed by atoms with van der Waals surface area (Å²) < 4.78 is 0. The van der Waals surface area contributed by atoms with Gasteiger partial charge in [0.05, 0.1) is 11.7 Å². The Labute approximate surface area is 114 Å². The van der Waals surface area contributed by atoms with Crippen molar-refractivity contribution in [2.75, 3.05) is 0 Å². The van der Waals surface area contributed by atoms with E-state index in [1.165, 1.54) is 0 Å². The summed E-state index contributed by atoms with van der Waals surface area (Å²) in [5, 5.41) is 29.7. The van der Waals surface area contributed by atoms with Crippen LogP contribution in [-0.2, 0) is 4.79 Å². The highest BCUT2D eigenvalue weighted by molar-refractivity contribution is 5.86. The van der Waals surface area contributed by atoms with E-state index in [1.807, 2.05) is 0 Å². The number of rotatable bonds is 2. The van der Waals surface area contributed by atoms with Gasteiger partial charge < -0.3 is 15.3 Å². The lowest BCUT2D eigenvalue weighted by Gasteiger charge is -2.55. The van der Waals surface area contributed by atoms with Crippen molar-refractivity contribution in [1.82, 2.24) is 0 Å². The molecule has 2 saturated carbocycles. The lowest BCUT2D eigenvalue weighted by atomic mass is 9.52. The predicted molar refractivity (Wildman–Crippen MR) is 71.6 cm³/mol. The maximum atomic E-state index is 11.1. The minimum atomic E-state index is -1.13. The van der Waals surface area contributed by atoms with E-state index in [1.54, 1.807) is 6.92 Å². The number of carboxylic acid groups (broad SMARTS) is 1. The van der Waals surface area contributed by atoms with Gasteiger partial charge >= 0.3 is 5.97 Å². The van der Waals surface area contributed by atoms with Crippen molar-refractivity contribution >= 4 is 5.97 Å². The molecule has 0 saturated heterocycles. The van der Waals surface area contributed by atoms with Crippen molar-refractivity contribution in [2.24, 2.45) is 17.3 Å². The van der Waals surface area contributed by atoms with Gasteiger partial charge in [0, 0.05) is 5.57 Å². The Kier molecular flexibility index (Phi) is 3.52. The molecule has 0 amide bonds. The zero-order chi connectivity index (χ0) is 14.4. The highest BCUT2D eigenvalue weighted by Gasteiger charge is 2.55. The van der Waals surface area contributed by atoms with Gasteiger partial charge in [-0.25, -0.2) is 4.79 Å². The molecule has 0 aliphatic heterocycles. The molecule has 0 radical (unpaired) electrons. The van der Waals surface area contributed by atoms with Crippen LogP contribution in [0.25, 0.3) is 0 Å². The summed E-state index contributed by atoms with van der Waals surface area (Å²) in [4.78, 5) is 11.1. The molecule has 2 rings (SSSR count). The number of aliphatic hydroxyl groups excluding tert-OH is 1. The number of fused-ring (bicyclic) bond motifs is 1. The second-order valence-electron chi connectivity index (χ2n) is 6.79. The Morgan fingerprint density at radius 3 is 2.42 bits per heavy atom. The van der Waals surface area contributed by atoms with Gasteiger partial charge in [0.1, 0.15) is 0 Å². The topological polar surface area (TPSA) is 77.8 Å². The third-order valence-corrected chi connectivity index (χ3v) is 5.56. The number of hydrogen-bond donors (Lipinski definition) is 3. The molecule has 0 spiro atoms. The monoisotopic (exact) mass is 268 g/mol. The molecule has 0 aromatic rings. The number of carbonyl (C=O) groups is 1. The van der Waals surface area contributed by atoms with Crippen LogP contribution in [-0.4, -0.2) is 33.0 Å². The van der Waals surface area contributed by atoms with Crippen molar-refractivity contribution in [2.45, 2.75) is 57.7 Å². The van der Waals surface area contributed by atoms with E-state index < -0.39 is 17.7 Å². The minimum Gasteiger partial charge on any atom is -0.478 e. The van der Waals surface area contributed by atoms with E-state index in [0.717, 1.165) is 19.3 Å². The summed E-state index contributed by atoms with van der Waals surface area (Å²) >= 11 is 0. The molecule has 19 heavy (non-hydrogen) atoms. The predicted octanol–water partition coefficient (Wildman–Crippen LogP) is 1.96. The first-order valence-electron chi connectivity index (χ1n) is 7.01. The highest BCUT2D eigenvalue weighted by Crippen LogP contribution is 2.56. The van der Waals surface area contributed by atoms with Crippen LogP contribution in [0.4, 0.5) is 0 Å². The largest absolute Gasteiger partial charge is 0.478 e. The molecule has 2 aliphatic carbocycles. The zero-order valence-electron chi connectivity index (χ0n) is 11.7. The molecular weight excluding hydrogens is 244 g/mol. The lowest BCUT2D eigenvalue weighted by Crippen LogP contribution is -2.58. The van der Waals surface area contributed by atoms with Crippen molar-refractivity contribution in [3.8, 4) is 0 Å². The van der Waals surface area contributed by atoms with Crippen LogP contribution >= 0.6 is 0 Å². The van der Waals surface area contributed by atoms with Crippen molar-refractivity contribution in [3.63, 3.8) is 0 Å². The van der Waals surface area contributed by atoms with Crippen LogP contribution in [0, 0.1) is 17.3 Å². The molecule has 3 N–H and O–H groups in total. The van der Waals surface area contributed by atoms with Gasteiger partial charge in [-0.3, -0.25) is 0 Å². The molecule has 108 valence electrons. The smallest absolute Gasteiger partial charge is 0.331 e. The zero-order valence-corrected chi connectivity index (χ0v) is 11.7. The van der Waals surface area contributed by atoms with E-state index in [-0.39, 0.29) is 22.8 Å². The van der Waals surface area contributed by atoms with Crippen LogP contribution < -0.4 is 0 Å². The lowest BCUT2D eigenvalue weighted by molar-refractivity contribution is -0.183. The fraction of sp³-hybridized carbons (Fsp3) is 0.800. The third kappa shape index (κ3) is 2.32. The molecule has 4 heteroatoms. The average Bonchev–Trinajstić information content (AvgIpc) is 2.34. The molecular formula is C15H24O4. The summed E-state index contributed by atoms with van der Waals surface area (Å²) in [7, 11) is 0. The Balaban J connectivity index is 2.24. The van der Waals surface area contributed by atoms with E-state index in [9.17, 15) is 15.0 Å². The first-order chi connectivity index (χ1) is 8.68. The van der Waals surface area contributed by atoms with Gasteiger partial charge in [-0.2, -0.15) is 0 Å². The number of carboxylic acids is 1. The molecule has 2 aliphatic rings. The maximum absolute atomic E-state index is 11.1. The van der Waals surface area contributed by atoms with E-state index in [0.29, 0.717) is 12.8 Å². The minimum absolute atomic E-state index is 0.00197. The summed E-state index contributed by atoms with van der Waals surface area (Å²) in [5.41, 5.74) is -0.902. The van der Waals surface area contributed by atoms with Crippen LogP contribution in [0.15, 0.2) is 12.2 Å². The molecule has 0 aromatic carbocycles. The van der Waals surface area contributed by atoms with Gasteiger partial charge in [-0.1, -0.05) is 13.5 Å². The Bertz CT molecular complexity index is 396. The molecule has 0 heterocycles. The van der Waals surface area contributed by atoms with Gasteiger partial charge in [-0.05, 0) is 56.3 Å². The quantitative estimate of drug-likeness (QED) is 0.669. The Hall–Kier alpha value is -0.870. The number of aliphatic carboxylic acids is 1. The molecule has 0 aromatic heterocycles. The Morgan fingerprint density at radius 2 is 1.84 bits per heavy atom. The molecule has 4 nitrogen and oxygen atoms in total. The van der Waals surface area contributed by atoms with Crippen LogP contribution in [0.3, 0.4) is 0 Å². The maximum Gasteiger partial charge on any atom is 0.331 e. The number of aliphatic hydroxyl groups is 2. The van der Waals surface area contributed by atoms with Crippen LogP contribution in [0.1, 0.15) is 46.0 Å². The van der Waals surface area contributed by atoms with E-state index >= 15 is 0 Å². The summed E-state index contributed by atoms with van der Waals surface area (Å²) in [5.74, 6) is -1.12. The average molecular weight is 268 g/mol.